The van der Waals surface area contributed by atoms with Gasteiger partial charge in [0.2, 0.25) is 0 Å². The number of hydrogen-bond donors (Lipinski definition) is 0. The fourth-order valence-corrected chi connectivity index (χ4v) is 6.44. The molecule has 2 saturated heterocycles. The summed E-state index contributed by atoms with van der Waals surface area (Å²) in [6.07, 6.45) is 1.67. The van der Waals surface area contributed by atoms with Crippen LogP contribution < -0.4 is 9.47 Å². The number of nitrogens with zero attached hydrogens (tertiary/aromatic N) is 4. The highest BCUT2D eigenvalue weighted by molar-refractivity contribution is 8.03. The molecule has 2 atom stereocenters. The summed E-state index contributed by atoms with van der Waals surface area (Å²) >= 11 is 1.69. The van der Waals surface area contributed by atoms with Gasteiger partial charge in [-0.1, -0.05) is 6.07 Å². The predicted molar refractivity (Wildman–Crippen MR) is 149 cm³/mol. The molecule has 0 aromatic heterocycles. The van der Waals surface area contributed by atoms with Crippen molar-refractivity contribution in [1.29, 1.82) is 5.26 Å². The number of benzene rings is 1. The summed E-state index contributed by atoms with van der Waals surface area (Å²) in [7, 11) is 5.05. The molecule has 8 nitrogen and oxygen atoms in total. The van der Waals surface area contributed by atoms with Crippen molar-refractivity contribution in [2.45, 2.75) is 32.3 Å². The van der Waals surface area contributed by atoms with Crippen molar-refractivity contribution in [1.82, 2.24) is 9.80 Å². The Bertz CT molecular complexity index is 1050. The second-order valence-electron chi connectivity index (χ2n) is 10.4. The molecule has 37 heavy (non-hydrogen) atoms. The first kappa shape index (κ1) is 27.8. The fourth-order valence-electron chi connectivity index (χ4n) is 5.39. The van der Waals surface area contributed by atoms with E-state index in [-0.39, 0.29) is 18.9 Å². The van der Waals surface area contributed by atoms with Crippen LogP contribution in [0.4, 0.5) is 0 Å². The molecule has 0 amide bonds. The second kappa shape index (κ2) is 12.5. The number of fused-ring (bicyclic) bond motifs is 1. The number of methoxy groups -OCH3 is 3. The molecule has 4 rings (SSSR count). The number of ether oxygens (including phenoxy) is 4. The molecule has 0 radical (unpaired) electrons. The van der Waals surface area contributed by atoms with E-state index in [1.165, 1.54) is 5.56 Å². The van der Waals surface area contributed by atoms with Gasteiger partial charge in [-0.2, -0.15) is 5.26 Å². The Balaban J connectivity index is 0.00000400. The van der Waals surface area contributed by atoms with Crippen LogP contribution in [-0.2, 0) is 15.9 Å². The summed E-state index contributed by atoms with van der Waals surface area (Å²) < 4.78 is 22.3. The molecular formula is C28H42N4O4S. The zero-order valence-electron chi connectivity index (χ0n) is 22.8. The van der Waals surface area contributed by atoms with Crippen molar-refractivity contribution < 1.29 is 20.4 Å². The third-order valence-corrected chi connectivity index (χ3v) is 8.50. The first-order chi connectivity index (χ1) is 17.9. The van der Waals surface area contributed by atoms with Gasteiger partial charge in [-0.05, 0) is 44.4 Å². The summed E-state index contributed by atoms with van der Waals surface area (Å²) in [5, 5.41) is 11.1. The van der Waals surface area contributed by atoms with Gasteiger partial charge in [0.25, 0.3) is 0 Å². The third-order valence-electron chi connectivity index (χ3n) is 7.51. The fraction of sp³-hybridized carbons (Fsp3) is 0.643. The standard InChI is InChI=1S/C28H40N4O4S.H2/c1-28(2)17-21-22(18-29)27(37-15-8-20-6-7-24(34-4)25(16-20)35-5)30-26(23(21)19-36-28)32-11-9-31(10-12-32)13-14-33-3;/h6-7,16,21,23H,8-15,17,19H2,1-5H3;1H. The van der Waals surface area contributed by atoms with Gasteiger partial charge in [0, 0.05) is 58.8 Å². The molecule has 204 valence electrons. The highest BCUT2D eigenvalue weighted by Gasteiger charge is 2.45. The summed E-state index contributed by atoms with van der Waals surface area (Å²) in [6.45, 7) is 10.4. The molecule has 2 unspecified atom stereocenters. The molecule has 1 aromatic carbocycles. The van der Waals surface area contributed by atoms with Crippen molar-refractivity contribution >= 4 is 17.6 Å². The second-order valence-corrected chi connectivity index (χ2v) is 11.5. The minimum Gasteiger partial charge on any atom is -0.493 e. The van der Waals surface area contributed by atoms with Gasteiger partial charge < -0.3 is 23.8 Å². The first-order valence-electron chi connectivity index (χ1n) is 13.1. The molecule has 1 aromatic rings. The van der Waals surface area contributed by atoms with Crippen LogP contribution in [-0.4, -0.2) is 94.3 Å². The van der Waals surface area contributed by atoms with Gasteiger partial charge in [0.1, 0.15) is 10.9 Å². The lowest BCUT2D eigenvalue weighted by molar-refractivity contribution is -0.0827. The zero-order valence-corrected chi connectivity index (χ0v) is 23.6. The van der Waals surface area contributed by atoms with Crippen molar-refractivity contribution in [3.8, 4) is 17.6 Å². The maximum atomic E-state index is 10.2. The van der Waals surface area contributed by atoms with Gasteiger partial charge in [0.05, 0.1) is 44.7 Å². The first-order valence-corrected chi connectivity index (χ1v) is 14.0. The Hall–Kier alpha value is -2.25. The summed E-state index contributed by atoms with van der Waals surface area (Å²) in [4.78, 5) is 10.0. The van der Waals surface area contributed by atoms with Crippen molar-refractivity contribution in [3.05, 3.63) is 34.4 Å². The molecule has 0 bridgehead atoms. The number of hydrogen-bond acceptors (Lipinski definition) is 9. The lowest BCUT2D eigenvalue weighted by atomic mass is 9.75. The maximum absolute atomic E-state index is 10.2. The minimum absolute atomic E-state index is 0. The number of amidine groups is 1. The highest BCUT2D eigenvalue weighted by Crippen LogP contribution is 2.44. The average molecular weight is 531 g/mol. The smallest absolute Gasteiger partial charge is 0.160 e. The molecule has 3 aliphatic rings. The van der Waals surface area contributed by atoms with Crippen LogP contribution in [0.3, 0.4) is 0 Å². The number of nitriles is 1. The van der Waals surface area contributed by atoms with E-state index in [1.54, 1.807) is 33.1 Å². The number of allylic oxidation sites excluding steroid dienone is 1. The SMILES string of the molecule is COCCN1CCN(C2=NC(SCCc3ccc(OC)c(OC)c3)=C(C#N)C3CC(C)(C)OCC23)CC1.[HH]. The molecular weight excluding hydrogens is 488 g/mol. The van der Waals surface area contributed by atoms with Gasteiger partial charge in [-0.3, -0.25) is 4.90 Å². The lowest BCUT2D eigenvalue weighted by Crippen LogP contribution is -2.55. The lowest BCUT2D eigenvalue weighted by Gasteiger charge is -2.46. The molecule has 0 saturated carbocycles. The van der Waals surface area contributed by atoms with E-state index < -0.39 is 0 Å². The molecule has 3 aliphatic heterocycles. The summed E-state index contributed by atoms with van der Waals surface area (Å²) in [5.41, 5.74) is 1.74. The van der Waals surface area contributed by atoms with E-state index in [0.717, 1.165) is 85.9 Å². The quantitative estimate of drug-likeness (QED) is 0.473. The molecule has 3 heterocycles. The molecule has 0 spiro atoms. The Morgan fingerprint density at radius 3 is 2.57 bits per heavy atom. The number of aryl methyl sites for hydroxylation is 1. The molecule has 2 fully saturated rings. The Kier molecular flexibility index (Phi) is 9.41. The Morgan fingerprint density at radius 1 is 1.14 bits per heavy atom. The number of thioether (sulfide) groups is 1. The van der Waals surface area contributed by atoms with Crippen LogP contribution >= 0.6 is 11.8 Å². The van der Waals surface area contributed by atoms with Gasteiger partial charge in [-0.15, -0.1) is 11.8 Å². The van der Waals surface area contributed by atoms with E-state index in [2.05, 4.69) is 35.8 Å². The zero-order chi connectivity index (χ0) is 26.4. The van der Waals surface area contributed by atoms with Crippen molar-refractivity contribution in [3.63, 3.8) is 0 Å². The third kappa shape index (κ3) is 6.61. The summed E-state index contributed by atoms with van der Waals surface area (Å²) in [6, 6.07) is 8.58. The molecule has 0 aliphatic carbocycles. The van der Waals surface area contributed by atoms with Crippen LogP contribution in [0.2, 0.25) is 0 Å². The number of rotatable bonds is 9. The van der Waals surface area contributed by atoms with Gasteiger partial charge in [0.15, 0.2) is 11.5 Å². The normalized spacial score (nSPS) is 23.8. The van der Waals surface area contributed by atoms with Gasteiger partial charge >= 0.3 is 0 Å². The molecule has 9 heteroatoms. The average Bonchev–Trinajstić information content (AvgIpc) is 2.91. The minimum atomic E-state index is -0.250. The summed E-state index contributed by atoms with van der Waals surface area (Å²) in [5.74, 6) is 3.65. The van der Waals surface area contributed by atoms with Crippen LogP contribution in [0.1, 0.15) is 27.3 Å². The number of aliphatic imine (C=N–C) groups is 1. The van der Waals surface area contributed by atoms with E-state index in [4.69, 9.17) is 23.9 Å². The van der Waals surface area contributed by atoms with Gasteiger partial charge in [-0.25, -0.2) is 4.99 Å². The Labute approximate surface area is 227 Å². The van der Waals surface area contributed by atoms with Crippen LogP contribution in [0.25, 0.3) is 0 Å². The van der Waals surface area contributed by atoms with E-state index >= 15 is 0 Å². The monoisotopic (exact) mass is 530 g/mol. The highest BCUT2D eigenvalue weighted by atomic mass is 32.2. The molecule has 0 N–H and O–H groups in total. The maximum Gasteiger partial charge on any atom is 0.160 e. The van der Waals surface area contributed by atoms with E-state index in [0.29, 0.717) is 6.61 Å². The topological polar surface area (TPSA) is 79.5 Å². The van der Waals surface area contributed by atoms with E-state index in [1.807, 2.05) is 12.1 Å². The van der Waals surface area contributed by atoms with Crippen LogP contribution in [0.5, 0.6) is 11.5 Å². The largest absolute Gasteiger partial charge is 0.493 e. The number of piperazine rings is 1. The van der Waals surface area contributed by atoms with E-state index in [9.17, 15) is 5.26 Å². The van der Waals surface area contributed by atoms with Crippen molar-refractivity contribution in [2.75, 3.05) is 73.0 Å². The van der Waals surface area contributed by atoms with Crippen LogP contribution in [0, 0.1) is 23.2 Å². The van der Waals surface area contributed by atoms with Crippen LogP contribution in [0.15, 0.2) is 33.8 Å². The predicted octanol–water partition coefficient (Wildman–Crippen LogP) is 4.07. The van der Waals surface area contributed by atoms with Crippen molar-refractivity contribution in [2.24, 2.45) is 16.8 Å². The Morgan fingerprint density at radius 2 is 1.89 bits per heavy atom.